The third-order valence-corrected chi connectivity index (χ3v) is 1.74. The quantitative estimate of drug-likeness (QED) is 0.572. The van der Waals surface area contributed by atoms with Crippen LogP contribution in [-0.4, -0.2) is 17.8 Å². The highest BCUT2D eigenvalue weighted by atomic mass is 16.5. The smallest absolute Gasteiger partial charge is 0.0721 e. The van der Waals surface area contributed by atoms with Crippen molar-refractivity contribution in [1.29, 1.82) is 0 Å². The molecule has 0 saturated heterocycles. The van der Waals surface area contributed by atoms with E-state index in [0.29, 0.717) is 13.2 Å². The van der Waals surface area contributed by atoms with Gasteiger partial charge in [-0.2, -0.15) is 0 Å². The SMILES string of the molecule is C[C@@H](O)/C=C\COCc1ccccc1. The van der Waals surface area contributed by atoms with Crippen molar-refractivity contribution in [2.45, 2.75) is 19.6 Å². The summed E-state index contributed by atoms with van der Waals surface area (Å²) < 4.78 is 5.37. The number of hydrogen-bond donors (Lipinski definition) is 1. The molecule has 14 heavy (non-hydrogen) atoms. The minimum Gasteiger partial charge on any atom is -0.389 e. The lowest BCUT2D eigenvalue weighted by Crippen LogP contribution is -1.96. The summed E-state index contributed by atoms with van der Waals surface area (Å²) in [4.78, 5) is 0. The topological polar surface area (TPSA) is 29.5 Å². The molecule has 0 amide bonds. The van der Waals surface area contributed by atoms with Crippen LogP contribution in [0.4, 0.5) is 0 Å². The molecule has 2 nitrogen and oxygen atoms in total. The molecule has 0 bridgehead atoms. The molecule has 1 atom stereocenters. The van der Waals surface area contributed by atoms with Gasteiger partial charge >= 0.3 is 0 Å². The molecular formula is C12H16O2. The predicted octanol–water partition coefficient (Wildman–Crippen LogP) is 2.14. The van der Waals surface area contributed by atoms with Gasteiger partial charge in [-0.3, -0.25) is 0 Å². The van der Waals surface area contributed by atoms with E-state index >= 15 is 0 Å². The number of benzene rings is 1. The minimum absolute atomic E-state index is 0.393. The van der Waals surface area contributed by atoms with Crippen molar-refractivity contribution in [2.75, 3.05) is 6.61 Å². The Morgan fingerprint density at radius 1 is 1.36 bits per heavy atom. The average molecular weight is 192 g/mol. The van der Waals surface area contributed by atoms with Crippen LogP contribution in [0.3, 0.4) is 0 Å². The fraction of sp³-hybridized carbons (Fsp3) is 0.333. The molecular weight excluding hydrogens is 176 g/mol. The Labute approximate surface area is 84.8 Å². The maximum atomic E-state index is 8.93. The first kappa shape index (κ1) is 11.0. The van der Waals surface area contributed by atoms with Gasteiger partial charge in [0.1, 0.15) is 0 Å². The van der Waals surface area contributed by atoms with E-state index in [-0.39, 0.29) is 0 Å². The number of aliphatic hydroxyl groups is 1. The number of ether oxygens (including phenoxy) is 1. The molecule has 2 heteroatoms. The number of rotatable bonds is 5. The second-order valence-electron chi connectivity index (χ2n) is 3.17. The van der Waals surface area contributed by atoms with Gasteiger partial charge in [-0.15, -0.1) is 0 Å². The summed E-state index contributed by atoms with van der Waals surface area (Å²) >= 11 is 0. The van der Waals surface area contributed by atoms with Crippen molar-refractivity contribution in [2.24, 2.45) is 0 Å². The van der Waals surface area contributed by atoms with Crippen LogP contribution in [0.25, 0.3) is 0 Å². The van der Waals surface area contributed by atoms with E-state index in [9.17, 15) is 0 Å². The zero-order valence-electron chi connectivity index (χ0n) is 8.39. The summed E-state index contributed by atoms with van der Waals surface area (Å²) in [5.74, 6) is 0. The standard InChI is InChI=1S/C12H16O2/c1-11(13)6-5-9-14-10-12-7-3-2-4-8-12/h2-8,11,13H,9-10H2,1H3/b6-5-/t11-/m1/s1. The van der Waals surface area contributed by atoms with E-state index in [2.05, 4.69) is 0 Å². The van der Waals surface area contributed by atoms with Crippen molar-refractivity contribution >= 4 is 0 Å². The molecule has 0 spiro atoms. The third kappa shape index (κ3) is 4.80. The molecule has 0 saturated carbocycles. The van der Waals surface area contributed by atoms with Crippen LogP contribution in [0.15, 0.2) is 42.5 Å². The van der Waals surface area contributed by atoms with Crippen LogP contribution < -0.4 is 0 Å². The molecule has 0 unspecified atom stereocenters. The molecule has 0 aliphatic carbocycles. The predicted molar refractivity (Wildman–Crippen MR) is 56.9 cm³/mol. The van der Waals surface area contributed by atoms with Crippen molar-refractivity contribution in [3.8, 4) is 0 Å². The van der Waals surface area contributed by atoms with Gasteiger partial charge < -0.3 is 9.84 Å². The van der Waals surface area contributed by atoms with Crippen molar-refractivity contribution < 1.29 is 9.84 Å². The molecule has 0 aliphatic rings. The summed E-state index contributed by atoms with van der Waals surface area (Å²) in [6.07, 6.45) is 3.15. The molecule has 1 aromatic carbocycles. The van der Waals surface area contributed by atoms with Gasteiger partial charge in [0.15, 0.2) is 0 Å². The number of hydrogen-bond acceptors (Lipinski definition) is 2. The highest BCUT2D eigenvalue weighted by Gasteiger charge is 1.89. The Morgan fingerprint density at radius 3 is 2.71 bits per heavy atom. The molecule has 0 aliphatic heterocycles. The second-order valence-corrected chi connectivity index (χ2v) is 3.17. The number of aliphatic hydroxyl groups excluding tert-OH is 1. The molecule has 1 rings (SSSR count). The van der Waals surface area contributed by atoms with E-state index in [1.54, 1.807) is 13.0 Å². The summed E-state index contributed by atoms with van der Waals surface area (Å²) in [6.45, 7) is 2.87. The Bertz CT molecular complexity index is 265. The molecule has 0 heterocycles. The van der Waals surface area contributed by atoms with Crippen LogP contribution in [0, 0.1) is 0 Å². The molecule has 76 valence electrons. The maximum absolute atomic E-state index is 8.93. The Hall–Kier alpha value is -1.12. The van der Waals surface area contributed by atoms with E-state index in [1.807, 2.05) is 36.4 Å². The first-order chi connectivity index (χ1) is 6.79. The first-order valence-electron chi connectivity index (χ1n) is 4.75. The van der Waals surface area contributed by atoms with Crippen LogP contribution in [0.5, 0.6) is 0 Å². The summed E-state index contributed by atoms with van der Waals surface area (Å²) in [6, 6.07) is 10.0. The zero-order chi connectivity index (χ0) is 10.2. The summed E-state index contributed by atoms with van der Waals surface area (Å²) in [5.41, 5.74) is 1.16. The van der Waals surface area contributed by atoms with Gasteiger partial charge in [-0.05, 0) is 12.5 Å². The summed E-state index contributed by atoms with van der Waals surface area (Å²) in [7, 11) is 0. The van der Waals surface area contributed by atoms with E-state index in [1.165, 1.54) is 0 Å². The highest BCUT2D eigenvalue weighted by molar-refractivity contribution is 5.13. The van der Waals surface area contributed by atoms with Crippen LogP contribution in [0.2, 0.25) is 0 Å². The fourth-order valence-electron chi connectivity index (χ4n) is 1.07. The lowest BCUT2D eigenvalue weighted by Gasteiger charge is -2.00. The monoisotopic (exact) mass is 192 g/mol. The normalized spacial score (nSPS) is 13.3. The molecule has 0 fully saturated rings. The highest BCUT2D eigenvalue weighted by Crippen LogP contribution is 2.00. The molecule has 1 N–H and O–H groups in total. The van der Waals surface area contributed by atoms with Crippen molar-refractivity contribution in [1.82, 2.24) is 0 Å². The lowest BCUT2D eigenvalue weighted by molar-refractivity contribution is 0.147. The molecule has 0 radical (unpaired) electrons. The molecule has 1 aromatic rings. The van der Waals surface area contributed by atoms with Crippen molar-refractivity contribution in [3.05, 3.63) is 48.0 Å². The molecule has 0 aromatic heterocycles. The first-order valence-corrected chi connectivity index (χ1v) is 4.75. The lowest BCUT2D eigenvalue weighted by atomic mass is 10.2. The van der Waals surface area contributed by atoms with Gasteiger partial charge in [-0.25, -0.2) is 0 Å². The van der Waals surface area contributed by atoms with Gasteiger partial charge in [0.25, 0.3) is 0 Å². The fourth-order valence-corrected chi connectivity index (χ4v) is 1.07. The van der Waals surface area contributed by atoms with Crippen LogP contribution >= 0.6 is 0 Å². The van der Waals surface area contributed by atoms with E-state index in [0.717, 1.165) is 5.56 Å². The Morgan fingerprint density at radius 2 is 2.07 bits per heavy atom. The zero-order valence-corrected chi connectivity index (χ0v) is 8.39. The van der Waals surface area contributed by atoms with Crippen LogP contribution in [-0.2, 0) is 11.3 Å². The van der Waals surface area contributed by atoms with Gasteiger partial charge in [-0.1, -0.05) is 42.5 Å². The minimum atomic E-state index is -0.393. The van der Waals surface area contributed by atoms with Gasteiger partial charge in [0.2, 0.25) is 0 Å². The maximum Gasteiger partial charge on any atom is 0.0721 e. The second kappa shape index (κ2) is 6.35. The Kier molecular flexibility index (Phi) is 4.97. The van der Waals surface area contributed by atoms with E-state index in [4.69, 9.17) is 9.84 Å². The average Bonchev–Trinajstić information content (AvgIpc) is 2.18. The third-order valence-electron chi connectivity index (χ3n) is 1.74. The Balaban J connectivity index is 2.16. The van der Waals surface area contributed by atoms with E-state index < -0.39 is 6.10 Å². The van der Waals surface area contributed by atoms with Gasteiger partial charge in [0, 0.05) is 0 Å². The van der Waals surface area contributed by atoms with Crippen LogP contribution in [0.1, 0.15) is 12.5 Å². The summed E-state index contributed by atoms with van der Waals surface area (Å²) in [5, 5.41) is 8.93. The largest absolute Gasteiger partial charge is 0.389 e. The van der Waals surface area contributed by atoms with Gasteiger partial charge in [0.05, 0.1) is 19.3 Å². The van der Waals surface area contributed by atoms with Crippen molar-refractivity contribution in [3.63, 3.8) is 0 Å².